The maximum absolute atomic E-state index is 9.44. The number of ether oxygens (including phenoxy) is 2. The van der Waals surface area contributed by atoms with Gasteiger partial charge in [-0.05, 0) is 38.5 Å². The number of benzene rings is 1. The van der Waals surface area contributed by atoms with Crippen molar-refractivity contribution in [1.82, 2.24) is 0 Å². The van der Waals surface area contributed by atoms with Gasteiger partial charge in [0.2, 0.25) is 0 Å². The topological polar surface area (TPSA) is 38.7 Å². The molecular weight excluding hydrogens is 216 g/mol. The van der Waals surface area contributed by atoms with Crippen LogP contribution in [0.3, 0.4) is 0 Å². The molecule has 0 saturated carbocycles. The van der Waals surface area contributed by atoms with E-state index >= 15 is 0 Å². The van der Waals surface area contributed by atoms with Gasteiger partial charge in [-0.15, -0.1) is 0 Å². The van der Waals surface area contributed by atoms with Crippen LogP contribution >= 0.6 is 0 Å². The zero-order valence-electron chi connectivity index (χ0n) is 10.9. The molecule has 0 bridgehead atoms. The molecule has 0 spiro atoms. The van der Waals surface area contributed by atoms with Crippen molar-refractivity contribution in [2.45, 2.75) is 26.4 Å². The van der Waals surface area contributed by atoms with Crippen molar-refractivity contribution in [2.75, 3.05) is 13.7 Å². The molecule has 0 saturated heterocycles. The van der Waals surface area contributed by atoms with Crippen LogP contribution in [0.1, 0.15) is 26.3 Å². The summed E-state index contributed by atoms with van der Waals surface area (Å²) < 4.78 is 10.6. The molecule has 0 heterocycles. The van der Waals surface area contributed by atoms with E-state index < -0.39 is 0 Å². The first-order valence-electron chi connectivity index (χ1n) is 5.60. The Labute approximate surface area is 103 Å². The molecule has 1 N–H and O–H groups in total. The van der Waals surface area contributed by atoms with Gasteiger partial charge in [-0.1, -0.05) is 18.2 Å². The average Bonchev–Trinajstić information content (AvgIpc) is 2.25. The summed E-state index contributed by atoms with van der Waals surface area (Å²) in [5.41, 5.74) is 0.842. The first-order valence-corrected chi connectivity index (χ1v) is 5.60. The number of methoxy groups -OCH3 is 1. The van der Waals surface area contributed by atoms with E-state index in [2.05, 4.69) is 0 Å². The SMILES string of the molecule is COc1cc(/C=C/COC(C)(C)C)ccc1O. The Morgan fingerprint density at radius 1 is 1.29 bits per heavy atom. The van der Waals surface area contributed by atoms with Crippen molar-refractivity contribution in [3.05, 3.63) is 29.8 Å². The molecule has 0 unspecified atom stereocenters. The second kappa shape index (κ2) is 5.73. The van der Waals surface area contributed by atoms with Crippen LogP contribution in [-0.2, 0) is 4.74 Å². The van der Waals surface area contributed by atoms with E-state index in [1.165, 1.54) is 7.11 Å². The molecule has 0 fully saturated rings. The first-order chi connectivity index (χ1) is 7.92. The summed E-state index contributed by atoms with van der Waals surface area (Å²) in [6, 6.07) is 5.22. The van der Waals surface area contributed by atoms with Crippen molar-refractivity contribution in [3.8, 4) is 11.5 Å². The molecule has 3 heteroatoms. The maximum atomic E-state index is 9.44. The second-order valence-corrected chi connectivity index (χ2v) is 4.76. The molecule has 94 valence electrons. The number of aromatic hydroxyl groups is 1. The molecule has 0 amide bonds. The third-order valence-electron chi connectivity index (χ3n) is 2.13. The second-order valence-electron chi connectivity index (χ2n) is 4.76. The fraction of sp³-hybridized carbons (Fsp3) is 0.429. The Balaban J connectivity index is 2.60. The van der Waals surface area contributed by atoms with Crippen molar-refractivity contribution in [2.24, 2.45) is 0 Å². The molecule has 0 radical (unpaired) electrons. The Morgan fingerprint density at radius 2 is 2.00 bits per heavy atom. The van der Waals surface area contributed by atoms with Gasteiger partial charge in [-0.25, -0.2) is 0 Å². The van der Waals surface area contributed by atoms with Crippen LogP contribution in [0.2, 0.25) is 0 Å². The molecular formula is C14H20O3. The number of rotatable bonds is 4. The highest BCUT2D eigenvalue weighted by Crippen LogP contribution is 2.26. The van der Waals surface area contributed by atoms with E-state index in [0.717, 1.165) is 5.56 Å². The number of hydrogen-bond acceptors (Lipinski definition) is 3. The van der Waals surface area contributed by atoms with E-state index in [4.69, 9.17) is 9.47 Å². The van der Waals surface area contributed by atoms with Crippen molar-refractivity contribution in [3.63, 3.8) is 0 Å². The van der Waals surface area contributed by atoms with Gasteiger partial charge in [0.25, 0.3) is 0 Å². The molecule has 0 aromatic heterocycles. The lowest BCUT2D eigenvalue weighted by molar-refractivity contribution is 0.0152. The lowest BCUT2D eigenvalue weighted by Gasteiger charge is -2.17. The van der Waals surface area contributed by atoms with Gasteiger partial charge in [-0.2, -0.15) is 0 Å². The highest BCUT2D eigenvalue weighted by molar-refractivity contribution is 5.55. The molecule has 0 aliphatic carbocycles. The Morgan fingerprint density at radius 3 is 2.59 bits per heavy atom. The summed E-state index contributed by atoms with van der Waals surface area (Å²) in [5, 5.41) is 9.44. The number of phenols is 1. The summed E-state index contributed by atoms with van der Waals surface area (Å²) in [7, 11) is 1.53. The van der Waals surface area contributed by atoms with Crippen LogP contribution < -0.4 is 4.74 Å². The average molecular weight is 236 g/mol. The minimum absolute atomic E-state index is 0.128. The first kappa shape index (κ1) is 13.6. The summed E-state index contributed by atoms with van der Waals surface area (Å²) in [5.74, 6) is 0.625. The van der Waals surface area contributed by atoms with E-state index in [1.54, 1.807) is 12.1 Å². The molecule has 0 aliphatic rings. The molecule has 1 aromatic rings. The normalized spacial score (nSPS) is 12.0. The predicted molar refractivity (Wildman–Crippen MR) is 69.4 cm³/mol. The van der Waals surface area contributed by atoms with E-state index in [9.17, 15) is 5.11 Å². The zero-order chi connectivity index (χ0) is 12.9. The summed E-state index contributed by atoms with van der Waals surface area (Å²) in [4.78, 5) is 0. The number of hydrogen-bond donors (Lipinski definition) is 1. The van der Waals surface area contributed by atoms with Crippen LogP contribution in [0.4, 0.5) is 0 Å². The molecule has 1 aromatic carbocycles. The highest BCUT2D eigenvalue weighted by Gasteiger charge is 2.07. The molecule has 0 atom stereocenters. The third kappa shape index (κ3) is 4.91. The Hall–Kier alpha value is -1.48. The van der Waals surface area contributed by atoms with Crippen LogP contribution in [0.15, 0.2) is 24.3 Å². The standard InChI is InChI=1S/C14H20O3/c1-14(2,3)17-9-5-6-11-7-8-12(15)13(10-11)16-4/h5-8,10,15H,9H2,1-4H3/b6-5+. The minimum Gasteiger partial charge on any atom is -0.504 e. The molecule has 0 aliphatic heterocycles. The molecule has 17 heavy (non-hydrogen) atoms. The van der Waals surface area contributed by atoms with Gasteiger partial charge in [0.1, 0.15) is 0 Å². The van der Waals surface area contributed by atoms with Gasteiger partial charge >= 0.3 is 0 Å². The molecule has 3 nitrogen and oxygen atoms in total. The predicted octanol–water partition coefficient (Wildman–Crippen LogP) is 3.23. The van der Waals surface area contributed by atoms with Crippen molar-refractivity contribution >= 4 is 6.08 Å². The van der Waals surface area contributed by atoms with Crippen molar-refractivity contribution in [1.29, 1.82) is 0 Å². The minimum atomic E-state index is -0.128. The lowest BCUT2D eigenvalue weighted by atomic mass is 10.2. The van der Waals surface area contributed by atoms with E-state index in [-0.39, 0.29) is 11.4 Å². The van der Waals surface area contributed by atoms with Gasteiger partial charge in [0.15, 0.2) is 11.5 Å². The number of phenolic OH excluding ortho intramolecular Hbond substituents is 1. The van der Waals surface area contributed by atoms with Crippen molar-refractivity contribution < 1.29 is 14.6 Å². The summed E-state index contributed by atoms with van der Waals surface area (Å²) in [6.45, 7) is 6.62. The zero-order valence-corrected chi connectivity index (χ0v) is 10.9. The summed E-state index contributed by atoms with van der Waals surface area (Å²) >= 11 is 0. The fourth-order valence-corrected chi connectivity index (χ4v) is 1.28. The Kier molecular flexibility index (Phi) is 4.58. The third-order valence-corrected chi connectivity index (χ3v) is 2.13. The van der Waals surface area contributed by atoms with Gasteiger partial charge in [0, 0.05) is 0 Å². The largest absolute Gasteiger partial charge is 0.504 e. The monoisotopic (exact) mass is 236 g/mol. The lowest BCUT2D eigenvalue weighted by Crippen LogP contribution is -2.18. The van der Waals surface area contributed by atoms with E-state index in [0.29, 0.717) is 12.4 Å². The quantitative estimate of drug-likeness (QED) is 0.872. The summed E-state index contributed by atoms with van der Waals surface area (Å²) in [6.07, 6.45) is 3.88. The van der Waals surface area contributed by atoms with Gasteiger partial charge in [-0.3, -0.25) is 0 Å². The van der Waals surface area contributed by atoms with Gasteiger partial charge in [0.05, 0.1) is 19.3 Å². The highest BCUT2D eigenvalue weighted by atomic mass is 16.5. The van der Waals surface area contributed by atoms with Crippen LogP contribution in [0, 0.1) is 0 Å². The van der Waals surface area contributed by atoms with Crippen LogP contribution in [0.25, 0.3) is 6.08 Å². The fourth-order valence-electron chi connectivity index (χ4n) is 1.28. The Bertz CT molecular complexity index is 389. The smallest absolute Gasteiger partial charge is 0.161 e. The van der Waals surface area contributed by atoms with Crippen LogP contribution in [0.5, 0.6) is 11.5 Å². The molecule has 1 rings (SSSR count). The van der Waals surface area contributed by atoms with E-state index in [1.807, 2.05) is 39.0 Å². The maximum Gasteiger partial charge on any atom is 0.161 e. The van der Waals surface area contributed by atoms with Gasteiger partial charge < -0.3 is 14.6 Å². The van der Waals surface area contributed by atoms with Crippen LogP contribution in [-0.4, -0.2) is 24.4 Å².